The smallest absolute Gasteiger partial charge is 0.261 e. The van der Waals surface area contributed by atoms with Crippen molar-refractivity contribution in [3.63, 3.8) is 0 Å². The summed E-state index contributed by atoms with van der Waals surface area (Å²) in [6.45, 7) is 3.79. The van der Waals surface area contributed by atoms with E-state index < -0.39 is 0 Å². The van der Waals surface area contributed by atoms with Crippen LogP contribution < -0.4 is 20.7 Å². The molecule has 0 heterocycles. The van der Waals surface area contributed by atoms with Crippen LogP contribution in [0.3, 0.4) is 0 Å². The van der Waals surface area contributed by atoms with Gasteiger partial charge in [-0.2, -0.15) is 0 Å². The van der Waals surface area contributed by atoms with Crippen LogP contribution in [0.5, 0.6) is 5.75 Å². The first-order chi connectivity index (χ1) is 15.4. The fourth-order valence-electron chi connectivity index (χ4n) is 3.00. The standard InChI is InChI=1S/C25H25N3O3S/c1-17(2)31-22-14-7-6-13-21(22)24(30)28-25(32)27-20-12-8-11-19(16-20)26-23(29)15-18-9-4-3-5-10-18/h3-14,16-17H,15H2,1-2H3,(H,26,29)(H2,27,28,30,32). The van der Waals surface area contributed by atoms with Crippen molar-refractivity contribution in [3.8, 4) is 5.75 Å². The van der Waals surface area contributed by atoms with Gasteiger partial charge in [-0.25, -0.2) is 0 Å². The Hall–Kier alpha value is -3.71. The van der Waals surface area contributed by atoms with E-state index in [9.17, 15) is 9.59 Å². The second kappa shape index (κ2) is 11.1. The van der Waals surface area contributed by atoms with Crippen molar-refractivity contribution in [1.29, 1.82) is 0 Å². The van der Waals surface area contributed by atoms with Gasteiger partial charge in [0.2, 0.25) is 5.91 Å². The number of nitrogens with one attached hydrogen (secondary N) is 3. The first-order valence-electron chi connectivity index (χ1n) is 10.2. The van der Waals surface area contributed by atoms with Crippen LogP contribution >= 0.6 is 12.2 Å². The van der Waals surface area contributed by atoms with E-state index >= 15 is 0 Å². The molecule has 0 saturated carbocycles. The number of hydrogen-bond donors (Lipinski definition) is 3. The van der Waals surface area contributed by atoms with Gasteiger partial charge in [0, 0.05) is 11.4 Å². The predicted octanol–water partition coefficient (Wildman–Crippen LogP) is 4.78. The van der Waals surface area contributed by atoms with Crippen LogP contribution in [0.2, 0.25) is 0 Å². The average Bonchev–Trinajstić information content (AvgIpc) is 2.74. The number of anilines is 2. The lowest BCUT2D eigenvalue weighted by molar-refractivity contribution is -0.115. The minimum Gasteiger partial charge on any atom is -0.490 e. The zero-order chi connectivity index (χ0) is 22.9. The molecular formula is C25H25N3O3S. The SMILES string of the molecule is CC(C)Oc1ccccc1C(=O)NC(=S)Nc1cccc(NC(=O)Cc2ccccc2)c1. The highest BCUT2D eigenvalue weighted by molar-refractivity contribution is 7.80. The summed E-state index contributed by atoms with van der Waals surface area (Å²) in [6.07, 6.45) is 0.221. The molecule has 0 atom stereocenters. The number of carbonyl (C=O) groups excluding carboxylic acids is 2. The summed E-state index contributed by atoms with van der Waals surface area (Å²) < 4.78 is 5.70. The van der Waals surface area contributed by atoms with Crippen LogP contribution in [0.25, 0.3) is 0 Å². The highest BCUT2D eigenvalue weighted by atomic mass is 32.1. The van der Waals surface area contributed by atoms with Gasteiger partial charge in [-0.05, 0) is 62.0 Å². The number of carbonyl (C=O) groups is 2. The summed E-state index contributed by atoms with van der Waals surface area (Å²) >= 11 is 5.29. The maximum Gasteiger partial charge on any atom is 0.261 e. The van der Waals surface area contributed by atoms with Crippen LogP contribution in [-0.4, -0.2) is 23.0 Å². The molecule has 0 fully saturated rings. The lowest BCUT2D eigenvalue weighted by atomic mass is 10.1. The normalized spacial score (nSPS) is 10.3. The molecule has 3 rings (SSSR count). The number of para-hydroxylation sites is 1. The molecule has 2 amide bonds. The van der Waals surface area contributed by atoms with Gasteiger partial charge >= 0.3 is 0 Å². The van der Waals surface area contributed by atoms with Crippen molar-refractivity contribution in [1.82, 2.24) is 5.32 Å². The van der Waals surface area contributed by atoms with Gasteiger partial charge < -0.3 is 15.4 Å². The van der Waals surface area contributed by atoms with Crippen LogP contribution in [0.1, 0.15) is 29.8 Å². The molecule has 32 heavy (non-hydrogen) atoms. The number of ether oxygens (including phenoxy) is 1. The molecule has 0 unspecified atom stereocenters. The third-order valence-corrected chi connectivity index (χ3v) is 4.54. The highest BCUT2D eigenvalue weighted by Crippen LogP contribution is 2.20. The minimum absolute atomic E-state index is 0.0612. The van der Waals surface area contributed by atoms with Crippen molar-refractivity contribution in [3.05, 3.63) is 90.0 Å². The molecule has 0 aliphatic heterocycles. The van der Waals surface area contributed by atoms with E-state index in [0.717, 1.165) is 5.56 Å². The summed E-state index contributed by atoms with van der Waals surface area (Å²) in [5, 5.41) is 8.65. The van der Waals surface area contributed by atoms with Gasteiger partial charge in [-0.15, -0.1) is 0 Å². The third kappa shape index (κ3) is 6.92. The molecular weight excluding hydrogens is 422 g/mol. The van der Waals surface area contributed by atoms with E-state index in [2.05, 4.69) is 16.0 Å². The van der Waals surface area contributed by atoms with Crippen molar-refractivity contribution >= 4 is 40.5 Å². The number of hydrogen-bond acceptors (Lipinski definition) is 4. The number of thiocarbonyl (C=S) groups is 1. The van der Waals surface area contributed by atoms with Crippen LogP contribution in [0, 0.1) is 0 Å². The molecule has 7 heteroatoms. The van der Waals surface area contributed by atoms with E-state index in [1.54, 1.807) is 42.5 Å². The van der Waals surface area contributed by atoms with Crippen molar-refractivity contribution in [2.45, 2.75) is 26.4 Å². The maximum absolute atomic E-state index is 12.7. The third-order valence-electron chi connectivity index (χ3n) is 4.33. The lowest BCUT2D eigenvalue weighted by Crippen LogP contribution is -2.34. The van der Waals surface area contributed by atoms with Crippen molar-refractivity contribution in [2.75, 3.05) is 10.6 Å². The first kappa shape index (κ1) is 23.0. The lowest BCUT2D eigenvalue weighted by Gasteiger charge is -2.15. The molecule has 0 aliphatic carbocycles. The predicted molar refractivity (Wildman–Crippen MR) is 131 cm³/mol. The largest absolute Gasteiger partial charge is 0.490 e. The molecule has 0 saturated heterocycles. The Morgan fingerprint density at radius 3 is 2.25 bits per heavy atom. The molecule has 0 radical (unpaired) electrons. The zero-order valence-corrected chi connectivity index (χ0v) is 18.7. The molecule has 0 aromatic heterocycles. The summed E-state index contributed by atoms with van der Waals surface area (Å²) in [5.74, 6) is 0.00276. The van der Waals surface area contributed by atoms with E-state index in [4.69, 9.17) is 17.0 Å². The second-order valence-corrected chi connectivity index (χ2v) is 7.77. The van der Waals surface area contributed by atoms with Gasteiger partial charge in [0.05, 0.1) is 18.1 Å². The quantitative estimate of drug-likeness (QED) is 0.454. The maximum atomic E-state index is 12.7. The second-order valence-electron chi connectivity index (χ2n) is 7.36. The van der Waals surface area contributed by atoms with E-state index in [1.165, 1.54) is 0 Å². The zero-order valence-electron chi connectivity index (χ0n) is 17.9. The molecule has 0 bridgehead atoms. The van der Waals surface area contributed by atoms with Crippen molar-refractivity contribution in [2.24, 2.45) is 0 Å². The van der Waals surface area contributed by atoms with Crippen LogP contribution in [0.15, 0.2) is 78.9 Å². The molecule has 6 nitrogen and oxygen atoms in total. The molecule has 3 aromatic carbocycles. The Balaban J connectivity index is 1.59. The number of rotatable bonds is 7. The molecule has 3 aromatic rings. The van der Waals surface area contributed by atoms with Gasteiger partial charge in [0.1, 0.15) is 5.75 Å². The molecule has 164 valence electrons. The summed E-state index contributed by atoms with van der Waals surface area (Å²) in [7, 11) is 0. The van der Waals surface area contributed by atoms with Crippen LogP contribution in [0.4, 0.5) is 11.4 Å². The Morgan fingerprint density at radius 2 is 1.53 bits per heavy atom. The monoisotopic (exact) mass is 447 g/mol. The number of amides is 2. The topological polar surface area (TPSA) is 79.5 Å². The highest BCUT2D eigenvalue weighted by Gasteiger charge is 2.14. The summed E-state index contributed by atoms with van der Waals surface area (Å²) in [4.78, 5) is 25.0. The summed E-state index contributed by atoms with van der Waals surface area (Å²) in [5.41, 5.74) is 2.59. The van der Waals surface area contributed by atoms with E-state index in [-0.39, 0.29) is 29.5 Å². The van der Waals surface area contributed by atoms with E-state index in [1.807, 2.05) is 50.2 Å². The molecule has 0 spiro atoms. The Kier molecular flexibility index (Phi) is 7.94. The van der Waals surface area contributed by atoms with Gasteiger partial charge in [0.15, 0.2) is 5.11 Å². The van der Waals surface area contributed by atoms with Gasteiger partial charge in [-0.1, -0.05) is 48.5 Å². The minimum atomic E-state index is -0.369. The fourth-order valence-corrected chi connectivity index (χ4v) is 3.22. The Labute approximate surface area is 193 Å². The Morgan fingerprint density at radius 1 is 0.875 bits per heavy atom. The van der Waals surface area contributed by atoms with Crippen molar-refractivity contribution < 1.29 is 14.3 Å². The molecule has 3 N–H and O–H groups in total. The average molecular weight is 448 g/mol. The first-order valence-corrected chi connectivity index (χ1v) is 10.6. The summed E-state index contributed by atoms with van der Waals surface area (Å²) in [6, 6.07) is 23.6. The van der Waals surface area contributed by atoms with Gasteiger partial charge in [-0.3, -0.25) is 14.9 Å². The van der Waals surface area contributed by atoms with Crippen LogP contribution in [-0.2, 0) is 11.2 Å². The molecule has 0 aliphatic rings. The fraction of sp³-hybridized carbons (Fsp3) is 0.160. The van der Waals surface area contributed by atoms with Gasteiger partial charge in [0.25, 0.3) is 5.91 Å². The van der Waals surface area contributed by atoms with E-state index in [0.29, 0.717) is 22.7 Å². The Bertz CT molecular complexity index is 1100. The number of benzene rings is 3.